The Morgan fingerprint density at radius 2 is 2.12 bits per heavy atom. The molecule has 2 N–H and O–H groups in total. The largest absolute Gasteiger partial charge is 0.395 e. The predicted molar refractivity (Wildman–Crippen MR) is 103 cm³/mol. The summed E-state index contributed by atoms with van der Waals surface area (Å²) >= 11 is 1.65. The molecular formula is C18H20N6OS. The van der Waals surface area contributed by atoms with E-state index in [1.165, 1.54) is 28.6 Å². The zero-order chi connectivity index (χ0) is 17.8. The topological polar surface area (TPSA) is 88.2 Å². The van der Waals surface area contributed by atoms with Gasteiger partial charge >= 0.3 is 0 Å². The van der Waals surface area contributed by atoms with Gasteiger partial charge in [-0.25, -0.2) is 15.0 Å². The molecule has 0 unspecified atom stereocenters. The fraction of sp³-hybridized carbons (Fsp3) is 0.444. The second kappa shape index (κ2) is 5.85. The molecule has 0 fully saturated rings. The first kappa shape index (κ1) is 15.9. The van der Waals surface area contributed by atoms with Gasteiger partial charge in [-0.2, -0.15) is 9.61 Å². The van der Waals surface area contributed by atoms with Gasteiger partial charge in [0.25, 0.3) is 0 Å². The number of hydrogen-bond donors (Lipinski definition) is 2. The highest BCUT2D eigenvalue weighted by Gasteiger charge is 2.26. The molecule has 0 bridgehead atoms. The highest BCUT2D eigenvalue weighted by molar-refractivity contribution is 7.26. The van der Waals surface area contributed by atoms with Gasteiger partial charge in [-0.1, -0.05) is 13.8 Å². The minimum absolute atomic E-state index is 0.0367. The van der Waals surface area contributed by atoms with Crippen molar-refractivity contribution in [3.05, 3.63) is 23.1 Å². The van der Waals surface area contributed by atoms with Gasteiger partial charge in [0.05, 0.1) is 12.1 Å². The molecule has 0 spiro atoms. The summed E-state index contributed by atoms with van der Waals surface area (Å²) in [5, 5.41) is 17.8. The van der Waals surface area contributed by atoms with E-state index in [0.29, 0.717) is 18.4 Å². The maximum absolute atomic E-state index is 9.16. The quantitative estimate of drug-likeness (QED) is 0.576. The predicted octanol–water partition coefficient (Wildman–Crippen LogP) is 2.90. The molecule has 7 nitrogen and oxygen atoms in total. The van der Waals surface area contributed by atoms with Gasteiger partial charge in [0.2, 0.25) is 5.95 Å². The Bertz CT molecular complexity index is 1150. The number of anilines is 1. The fourth-order valence-corrected chi connectivity index (χ4v) is 5.10. The van der Waals surface area contributed by atoms with Crippen molar-refractivity contribution < 1.29 is 5.11 Å². The molecule has 8 heteroatoms. The first-order valence-electron chi connectivity index (χ1n) is 9.01. The molecule has 26 heavy (non-hydrogen) atoms. The Kier molecular flexibility index (Phi) is 3.58. The number of hydrogen-bond acceptors (Lipinski definition) is 7. The van der Waals surface area contributed by atoms with Gasteiger partial charge in [0.15, 0.2) is 5.65 Å². The third kappa shape index (κ3) is 2.15. The minimum Gasteiger partial charge on any atom is -0.395 e. The monoisotopic (exact) mass is 368 g/mol. The number of nitrogens with one attached hydrogen (secondary N) is 1. The first-order valence-corrected chi connectivity index (χ1v) is 9.83. The molecule has 1 aliphatic carbocycles. The summed E-state index contributed by atoms with van der Waals surface area (Å²) in [5.74, 6) is 1.03. The van der Waals surface area contributed by atoms with Crippen LogP contribution in [0.3, 0.4) is 0 Å². The van der Waals surface area contributed by atoms with Crippen LogP contribution in [-0.4, -0.2) is 42.8 Å². The van der Waals surface area contributed by atoms with Crippen molar-refractivity contribution in [2.75, 3.05) is 18.5 Å². The third-order valence-corrected chi connectivity index (χ3v) is 6.10. The first-order chi connectivity index (χ1) is 12.7. The van der Waals surface area contributed by atoms with E-state index in [0.717, 1.165) is 33.5 Å². The molecular weight excluding hydrogens is 348 g/mol. The summed E-state index contributed by atoms with van der Waals surface area (Å²) in [5.41, 5.74) is 5.80. The lowest BCUT2D eigenvalue weighted by Crippen LogP contribution is -2.11. The van der Waals surface area contributed by atoms with Crippen LogP contribution in [-0.2, 0) is 12.8 Å². The van der Waals surface area contributed by atoms with Crippen LogP contribution >= 0.6 is 11.3 Å². The van der Waals surface area contributed by atoms with Crippen LogP contribution in [0.1, 0.15) is 43.0 Å². The van der Waals surface area contributed by atoms with Gasteiger partial charge in [-0.05, 0) is 36.3 Å². The summed E-state index contributed by atoms with van der Waals surface area (Å²) in [6.07, 6.45) is 4.91. The molecule has 5 rings (SSSR count). The van der Waals surface area contributed by atoms with Crippen LogP contribution in [0.2, 0.25) is 0 Å². The molecule has 0 radical (unpaired) electrons. The van der Waals surface area contributed by atoms with Gasteiger partial charge in [0, 0.05) is 17.6 Å². The smallest absolute Gasteiger partial charge is 0.226 e. The maximum Gasteiger partial charge on any atom is 0.226 e. The molecule has 0 amide bonds. The summed E-state index contributed by atoms with van der Waals surface area (Å²) < 4.78 is 2.73. The van der Waals surface area contributed by atoms with Gasteiger partial charge in [0.1, 0.15) is 15.9 Å². The van der Waals surface area contributed by atoms with E-state index < -0.39 is 0 Å². The van der Waals surface area contributed by atoms with Crippen molar-refractivity contribution in [1.29, 1.82) is 0 Å². The second-order valence-corrected chi connectivity index (χ2v) is 8.00. The lowest BCUT2D eigenvalue weighted by atomic mass is 9.99. The zero-order valence-electron chi connectivity index (χ0n) is 14.8. The van der Waals surface area contributed by atoms with Crippen LogP contribution < -0.4 is 5.32 Å². The van der Waals surface area contributed by atoms with Gasteiger partial charge in [-0.15, -0.1) is 11.3 Å². The Labute approximate surface area is 154 Å². The number of aliphatic hydroxyl groups is 1. The van der Waals surface area contributed by atoms with Crippen LogP contribution in [0, 0.1) is 0 Å². The van der Waals surface area contributed by atoms with Crippen molar-refractivity contribution >= 4 is 43.4 Å². The average molecular weight is 368 g/mol. The molecule has 4 aromatic heterocycles. The number of aromatic nitrogens is 5. The molecule has 0 saturated carbocycles. The summed E-state index contributed by atoms with van der Waals surface area (Å²) in [6, 6.07) is 0. The van der Waals surface area contributed by atoms with Crippen molar-refractivity contribution in [2.45, 2.75) is 39.0 Å². The van der Waals surface area contributed by atoms with Crippen LogP contribution in [0.15, 0.2) is 6.33 Å². The Balaban J connectivity index is 1.89. The van der Waals surface area contributed by atoms with E-state index >= 15 is 0 Å². The highest BCUT2D eigenvalue weighted by atomic mass is 32.1. The van der Waals surface area contributed by atoms with Crippen LogP contribution in [0.25, 0.3) is 26.1 Å². The van der Waals surface area contributed by atoms with Crippen LogP contribution in [0.4, 0.5) is 5.95 Å². The third-order valence-electron chi connectivity index (χ3n) is 5.03. The lowest BCUT2D eigenvalue weighted by Gasteiger charge is -2.12. The van der Waals surface area contributed by atoms with E-state index in [1.807, 2.05) is 0 Å². The SMILES string of the molecule is CC(C)c1nc2sc3c(nc(NCCO)n4ncnc34)c2c2c1CCC2. The zero-order valence-corrected chi connectivity index (χ0v) is 15.6. The van der Waals surface area contributed by atoms with Crippen molar-refractivity contribution in [2.24, 2.45) is 0 Å². The number of aryl methyl sites for hydroxylation is 1. The number of thiophene rings is 1. The minimum atomic E-state index is 0.0367. The Morgan fingerprint density at radius 1 is 1.27 bits per heavy atom. The van der Waals surface area contributed by atoms with Gasteiger partial charge in [-0.3, -0.25) is 0 Å². The van der Waals surface area contributed by atoms with Crippen molar-refractivity contribution in [3.8, 4) is 0 Å². The van der Waals surface area contributed by atoms with Crippen molar-refractivity contribution in [1.82, 2.24) is 24.6 Å². The summed E-state index contributed by atoms with van der Waals surface area (Å²) in [4.78, 5) is 15.4. The molecule has 0 saturated heterocycles. The Hall–Kier alpha value is -2.32. The Morgan fingerprint density at radius 3 is 2.92 bits per heavy atom. The number of pyridine rings is 1. The lowest BCUT2D eigenvalue weighted by molar-refractivity contribution is 0.310. The number of nitrogens with zero attached hydrogens (tertiary/aromatic N) is 5. The number of fused-ring (bicyclic) bond motifs is 7. The fourth-order valence-electron chi connectivity index (χ4n) is 3.96. The van der Waals surface area contributed by atoms with Crippen molar-refractivity contribution in [3.63, 3.8) is 0 Å². The van der Waals surface area contributed by atoms with E-state index in [-0.39, 0.29) is 6.61 Å². The summed E-state index contributed by atoms with van der Waals surface area (Å²) in [7, 11) is 0. The summed E-state index contributed by atoms with van der Waals surface area (Å²) in [6.45, 7) is 4.89. The molecule has 0 atom stereocenters. The molecule has 134 valence electrons. The maximum atomic E-state index is 9.16. The number of rotatable bonds is 4. The standard InChI is InChI=1S/C18H20N6OS/c1-9(2)13-11-5-3-4-10(11)12-14-15(26-17(12)22-13)16-20-8-21-24(16)18(23-14)19-6-7-25/h8-9,25H,3-7H2,1-2H3,(H,19,23). The molecule has 1 aliphatic rings. The molecule has 4 aromatic rings. The molecule has 4 heterocycles. The van der Waals surface area contributed by atoms with E-state index in [1.54, 1.807) is 22.2 Å². The normalized spacial score (nSPS) is 14.2. The second-order valence-electron chi connectivity index (χ2n) is 7.00. The number of aliphatic hydroxyl groups excluding tert-OH is 1. The molecule has 0 aliphatic heterocycles. The average Bonchev–Trinajstić information content (AvgIpc) is 3.34. The van der Waals surface area contributed by atoms with Gasteiger partial charge < -0.3 is 10.4 Å². The highest BCUT2D eigenvalue weighted by Crippen LogP contribution is 2.42. The molecule has 0 aromatic carbocycles. The van der Waals surface area contributed by atoms with E-state index in [4.69, 9.17) is 15.1 Å². The van der Waals surface area contributed by atoms with Crippen LogP contribution in [0.5, 0.6) is 0 Å². The van der Waals surface area contributed by atoms with E-state index in [9.17, 15) is 0 Å². The van der Waals surface area contributed by atoms with E-state index in [2.05, 4.69) is 29.2 Å².